The summed E-state index contributed by atoms with van der Waals surface area (Å²) in [7, 11) is 1.42. The molecule has 108 valence electrons. The molecule has 0 bridgehead atoms. The highest BCUT2D eigenvalue weighted by Gasteiger charge is 2.48. The monoisotopic (exact) mass is 284 g/mol. The van der Waals surface area contributed by atoms with Crippen molar-refractivity contribution in [2.45, 2.75) is 31.8 Å². The molecule has 0 fully saturated rings. The van der Waals surface area contributed by atoms with Crippen LogP contribution in [0.1, 0.15) is 41.8 Å². The summed E-state index contributed by atoms with van der Waals surface area (Å²) < 4.78 is 37.4. The molecule has 1 aliphatic rings. The summed E-state index contributed by atoms with van der Waals surface area (Å²) in [5.74, 6) is -4.95. The molecule has 0 amide bonds. The maximum atomic E-state index is 13.7. The van der Waals surface area contributed by atoms with Gasteiger partial charge in [0.1, 0.15) is 11.9 Å². The zero-order chi connectivity index (χ0) is 14.9. The molecule has 0 aromatic heterocycles. The van der Waals surface area contributed by atoms with Crippen molar-refractivity contribution >= 4 is 11.8 Å². The Morgan fingerprint density at radius 3 is 2.75 bits per heavy atom. The minimum atomic E-state index is -3.53. The van der Waals surface area contributed by atoms with E-state index in [2.05, 4.69) is 0 Å². The Hall–Kier alpha value is -1.98. The van der Waals surface area contributed by atoms with Crippen LogP contribution in [0.2, 0.25) is 0 Å². The Labute approximate surface area is 114 Å². The molecule has 0 saturated heterocycles. The molecule has 0 N–H and O–H groups in total. The first-order valence-corrected chi connectivity index (χ1v) is 6.19. The van der Waals surface area contributed by atoms with E-state index in [-0.39, 0.29) is 17.5 Å². The molecule has 0 spiro atoms. The van der Waals surface area contributed by atoms with Gasteiger partial charge in [0.05, 0.1) is 13.5 Å². The zero-order valence-electron chi connectivity index (χ0n) is 11.1. The number of halogens is 2. The lowest BCUT2D eigenvalue weighted by Gasteiger charge is -2.30. The molecule has 4 nitrogen and oxygen atoms in total. The molecule has 1 aliphatic carbocycles. The quantitative estimate of drug-likeness (QED) is 0.801. The smallest absolute Gasteiger partial charge is 0.313 e. The van der Waals surface area contributed by atoms with Gasteiger partial charge in [-0.2, -0.15) is 8.78 Å². The number of carbonyl (C=O) groups is 2. The standard InChI is InChI=1S/C14H14F2O4/c1-3-12(17)20-11-7-14(15,16)13(18)9-5-4-8(19-2)6-10(9)11/h4-6,11H,3,7H2,1-2H3. The van der Waals surface area contributed by atoms with Crippen molar-refractivity contribution in [2.75, 3.05) is 7.11 Å². The third kappa shape index (κ3) is 2.50. The molecule has 1 aromatic rings. The van der Waals surface area contributed by atoms with E-state index in [1.54, 1.807) is 6.92 Å². The highest BCUT2D eigenvalue weighted by molar-refractivity contribution is 6.04. The first-order valence-electron chi connectivity index (χ1n) is 6.19. The van der Waals surface area contributed by atoms with Crippen LogP contribution >= 0.6 is 0 Å². The van der Waals surface area contributed by atoms with Crippen LogP contribution in [0.15, 0.2) is 18.2 Å². The fourth-order valence-corrected chi connectivity index (χ4v) is 2.12. The number of fused-ring (bicyclic) bond motifs is 1. The van der Waals surface area contributed by atoms with E-state index in [1.807, 2.05) is 0 Å². The van der Waals surface area contributed by atoms with Crippen molar-refractivity contribution in [3.05, 3.63) is 29.3 Å². The third-order valence-electron chi connectivity index (χ3n) is 3.19. The van der Waals surface area contributed by atoms with Gasteiger partial charge in [0.2, 0.25) is 5.78 Å². The normalized spacial score (nSPS) is 20.2. The summed E-state index contributed by atoms with van der Waals surface area (Å²) in [6.45, 7) is 1.57. The zero-order valence-corrected chi connectivity index (χ0v) is 11.1. The van der Waals surface area contributed by atoms with Crippen LogP contribution < -0.4 is 4.74 Å². The Morgan fingerprint density at radius 1 is 1.45 bits per heavy atom. The van der Waals surface area contributed by atoms with E-state index in [1.165, 1.54) is 25.3 Å². The molecule has 0 aliphatic heterocycles. The summed E-state index contributed by atoms with van der Waals surface area (Å²) in [5.41, 5.74) is 0.137. The number of rotatable bonds is 3. The van der Waals surface area contributed by atoms with Crippen molar-refractivity contribution in [3.63, 3.8) is 0 Å². The van der Waals surface area contributed by atoms with Crippen molar-refractivity contribution < 1.29 is 27.8 Å². The molecule has 1 atom stereocenters. The summed E-state index contributed by atoms with van der Waals surface area (Å²) in [6.07, 6.45) is -1.90. The average Bonchev–Trinajstić information content (AvgIpc) is 2.43. The number of alkyl halides is 2. The van der Waals surface area contributed by atoms with E-state index in [0.29, 0.717) is 5.75 Å². The lowest BCUT2D eigenvalue weighted by molar-refractivity contribution is -0.153. The van der Waals surface area contributed by atoms with Crippen LogP contribution in [0.4, 0.5) is 8.78 Å². The van der Waals surface area contributed by atoms with Crippen molar-refractivity contribution in [1.29, 1.82) is 0 Å². The maximum absolute atomic E-state index is 13.7. The largest absolute Gasteiger partial charge is 0.497 e. The van der Waals surface area contributed by atoms with Crippen LogP contribution in [0.25, 0.3) is 0 Å². The van der Waals surface area contributed by atoms with Gasteiger partial charge >= 0.3 is 11.9 Å². The fraction of sp³-hybridized carbons (Fsp3) is 0.429. The summed E-state index contributed by atoms with van der Waals surface area (Å²) in [6, 6.07) is 4.16. The van der Waals surface area contributed by atoms with Crippen molar-refractivity contribution in [2.24, 2.45) is 0 Å². The molecular weight excluding hydrogens is 270 g/mol. The van der Waals surface area contributed by atoms with Gasteiger partial charge in [-0.15, -0.1) is 0 Å². The van der Waals surface area contributed by atoms with Gasteiger partial charge in [0, 0.05) is 17.5 Å². The van der Waals surface area contributed by atoms with Gasteiger partial charge in [0.25, 0.3) is 0 Å². The molecule has 0 heterocycles. The van der Waals surface area contributed by atoms with E-state index in [0.717, 1.165) is 0 Å². The van der Waals surface area contributed by atoms with Gasteiger partial charge in [-0.25, -0.2) is 0 Å². The lowest BCUT2D eigenvalue weighted by Crippen LogP contribution is -2.37. The number of ether oxygens (including phenoxy) is 2. The topological polar surface area (TPSA) is 52.6 Å². The number of benzene rings is 1. The number of esters is 1. The first-order chi connectivity index (χ1) is 9.39. The number of Topliss-reactive ketones (excluding diaryl/α,β-unsaturated/α-hetero) is 1. The Balaban J connectivity index is 2.47. The second-order valence-electron chi connectivity index (χ2n) is 4.52. The van der Waals surface area contributed by atoms with E-state index in [4.69, 9.17) is 9.47 Å². The van der Waals surface area contributed by atoms with Gasteiger partial charge in [-0.1, -0.05) is 6.92 Å². The van der Waals surface area contributed by atoms with Gasteiger partial charge in [-0.05, 0) is 18.2 Å². The van der Waals surface area contributed by atoms with Crippen LogP contribution in [-0.2, 0) is 9.53 Å². The van der Waals surface area contributed by atoms with Gasteiger partial charge in [-0.3, -0.25) is 9.59 Å². The van der Waals surface area contributed by atoms with Gasteiger partial charge < -0.3 is 9.47 Å². The van der Waals surface area contributed by atoms with E-state index in [9.17, 15) is 18.4 Å². The molecule has 20 heavy (non-hydrogen) atoms. The first kappa shape index (κ1) is 14.4. The number of methoxy groups -OCH3 is 1. The van der Waals surface area contributed by atoms with Gasteiger partial charge in [0.15, 0.2) is 0 Å². The summed E-state index contributed by atoms with van der Waals surface area (Å²) >= 11 is 0. The predicted molar refractivity (Wildman–Crippen MR) is 66.0 cm³/mol. The highest BCUT2D eigenvalue weighted by atomic mass is 19.3. The molecule has 0 saturated carbocycles. The minimum absolute atomic E-state index is 0.0787. The second kappa shape index (κ2) is 5.19. The Kier molecular flexibility index (Phi) is 3.74. The SMILES string of the molecule is CCC(=O)OC1CC(F)(F)C(=O)c2ccc(OC)cc21. The highest BCUT2D eigenvalue weighted by Crippen LogP contribution is 2.42. The molecule has 2 rings (SSSR count). The Bertz CT molecular complexity index is 554. The number of carbonyl (C=O) groups excluding carboxylic acids is 2. The lowest BCUT2D eigenvalue weighted by atomic mass is 9.85. The number of hydrogen-bond donors (Lipinski definition) is 0. The van der Waals surface area contributed by atoms with Crippen molar-refractivity contribution in [1.82, 2.24) is 0 Å². The van der Waals surface area contributed by atoms with Crippen molar-refractivity contribution in [3.8, 4) is 5.75 Å². The molecule has 6 heteroatoms. The maximum Gasteiger partial charge on any atom is 0.313 e. The van der Waals surface area contributed by atoms with Crippen LogP contribution in [-0.4, -0.2) is 24.8 Å². The van der Waals surface area contributed by atoms with Crippen LogP contribution in [0, 0.1) is 0 Å². The molecular formula is C14H14F2O4. The number of ketones is 1. The third-order valence-corrected chi connectivity index (χ3v) is 3.19. The average molecular weight is 284 g/mol. The molecule has 1 aromatic carbocycles. The van der Waals surface area contributed by atoms with Crippen LogP contribution in [0.3, 0.4) is 0 Å². The molecule has 0 radical (unpaired) electrons. The fourth-order valence-electron chi connectivity index (χ4n) is 2.12. The summed E-state index contributed by atoms with van der Waals surface area (Å²) in [5, 5.41) is 0. The summed E-state index contributed by atoms with van der Waals surface area (Å²) in [4.78, 5) is 23.1. The Morgan fingerprint density at radius 2 is 2.15 bits per heavy atom. The van der Waals surface area contributed by atoms with Crippen LogP contribution in [0.5, 0.6) is 5.75 Å². The van der Waals surface area contributed by atoms with E-state index >= 15 is 0 Å². The van der Waals surface area contributed by atoms with E-state index < -0.39 is 30.2 Å². The minimum Gasteiger partial charge on any atom is -0.497 e. The molecule has 1 unspecified atom stereocenters. The second-order valence-corrected chi connectivity index (χ2v) is 4.52. The number of hydrogen-bond acceptors (Lipinski definition) is 4. The predicted octanol–water partition coefficient (Wildman–Crippen LogP) is 2.91.